The summed E-state index contributed by atoms with van der Waals surface area (Å²) in [5.74, 6) is 1.72. The average Bonchev–Trinajstić information content (AvgIpc) is 2.42. The van der Waals surface area contributed by atoms with Gasteiger partial charge in [0.2, 0.25) is 5.91 Å². The highest BCUT2D eigenvalue weighted by Crippen LogP contribution is 2.32. The van der Waals surface area contributed by atoms with Crippen LogP contribution in [0.15, 0.2) is 0 Å². The third-order valence-electron chi connectivity index (χ3n) is 5.31. The first-order valence-corrected chi connectivity index (χ1v) is 8.12. The minimum Gasteiger partial charge on any atom is -0.337 e. The zero-order chi connectivity index (χ0) is 13.8. The first-order chi connectivity index (χ1) is 9.09. The van der Waals surface area contributed by atoms with Crippen LogP contribution in [0.1, 0.15) is 59.3 Å². The van der Waals surface area contributed by atoms with Crippen LogP contribution in [0.4, 0.5) is 0 Å². The minimum absolute atomic E-state index is 0. The van der Waals surface area contributed by atoms with Crippen LogP contribution in [0.25, 0.3) is 0 Å². The van der Waals surface area contributed by atoms with Crippen molar-refractivity contribution >= 4 is 18.3 Å². The molecule has 0 radical (unpaired) electrons. The monoisotopic (exact) mass is 302 g/mol. The summed E-state index contributed by atoms with van der Waals surface area (Å²) in [7, 11) is 0. The smallest absolute Gasteiger partial charge is 0.223 e. The second-order valence-corrected chi connectivity index (χ2v) is 6.65. The Morgan fingerprint density at radius 3 is 2.55 bits per heavy atom. The molecule has 1 aliphatic carbocycles. The Labute approximate surface area is 130 Å². The number of carbonyl (C=O) groups is 1. The molecule has 0 aromatic carbocycles. The van der Waals surface area contributed by atoms with E-state index < -0.39 is 0 Å². The number of carbonyl (C=O) groups excluding carboxylic acids is 1. The molecule has 1 amide bonds. The first kappa shape index (κ1) is 17.8. The Kier molecular flexibility index (Phi) is 7.32. The molecule has 0 aromatic heterocycles. The van der Waals surface area contributed by atoms with E-state index in [2.05, 4.69) is 31.0 Å². The van der Waals surface area contributed by atoms with Crippen molar-refractivity contribution in [2.24, 2.45) is 11.8 Å². The lowest BCUT2D eigenvalue weighted by Gasteiger charge is -2.39. The van der Waals surface area contributed by atoms with Gasteiger partial charge in [0, 0.05) is 31.6 Å². The van der Waals surface area contributed by atoms with Crippen LogP contribution in [0, 0.1) is 11.8 Å². The van der Waals surface area contributed by atoms with Gasteiger partial charge < -0.3 is 10.2 Å². The molecule has 1 saturated carbocycles. The predicted molar refractivity (Wildman–Crippen MR) is 86.2 cm³/mol. The van der Waals surface area contributed by atoms with E-state index in [1.807, 2.05) is 0 Å². The summed E-state index contributed by atoms with van der Waals surface area (Å²) in [6, 6.07) is 0.752. The van der Waals surface area contributed by atoms with Crippen molar-refractivity contribution in [3.8, 4) is 0 Å². The highest BCUT2D eigenvalue weighted by atomic mass is 35.5. The summed E-state index contributed by atoms with van der Waals surface area (Å²) < 4.78 is 0. The summed E-state index contributed by atoms with van der Waals surface area (Å²) in [5.41, 5.74) is 0. The number of nitrogens with one attached hydrogen (secondary N) is 1. The number of hydrogen-bond acceptors (Lipinski definition) is 2. The molecule has 0 bridgehead atoms. The van der Waals surface area contributed by atoms with Crippen LogP contribution < -0.4 is 5.32 Å². The largest absolute Gasteiger partial charge is 0.337 e. The Balaban J connectivity index is 0.00000200. The Morgan fingerprint density at radius 2 is 1.90 bits per heavy atom. The summed E-state index contributed by atoms with van der Waals surface area (Å²) >= 11 is 0. The zero-order valence-corrected chi connectivity index (χ0v) is 14.0. The van der Waals surface area contributed by atoms with E-state index in [4.69, 9.17) is 0 Å². The molecule has 1 aliphatic heterocycles. The third kappa shape index (κ3) is 4.36. The van der Waals surface area contributed by atoms with Crippen LogP contribution in [0.3, 0.4) is 0 Å². The Morgan fingerprint density at radius 1 is 1.25 bits per heavy atom. The van der Waals surface area contributed by atoms with Gasteiger partial charge in [-0.05, 0) is 25.7 Å². The average molecular weight is 303 g/mol. The Bertz CT molecular complexity index is 305. The van der Waals surface area contributed by atoms with Gasteiger partial charge in [0.05, 0.1) is 0 Å². The molecule has 2 aliphatic rings. The fourth-order valence-electron chi connectivity index (χ4n) is 3.67. The SMILES string of the molecule is CC(CC(=O)N1CCNC(C)C1C)C1CCCCC1.Cl. The number of rotatable bonds is 3. The van der Waals surface area contributed by atoms with Gasteiger partial charge in [-0.3, -0.25) is 4.79 Å². The summed E-state index contributed by atoms with van der Waals surface area (Å²) in [6.07, 6.45) is 7.55. The molecule has 3 unspecified atom stereocenters. The normalized spacial score (nSPS) is 29.6. The lowest BCUT2D eigenvalue weighted by molar-refractivity contribution is -0.136. The molecule has 0 aromatic rings. The molecule has 4 heteroatoms. The highest BCUT2D eigenvalue weighted by Gasteiger charge is 2.30. The first-order valence-electron chi connectivity index (χ1n) is 8.12. The van der Waals surface area contributed by atoms with Crippen molar-refractivity contribution < 1.29 is 4.79 Å². The van der Waals surface area contributed by atoms with E-state index in [1.54, 1.807) is 0 Å². The van der Waals surface area contributed by atoms with Gasteiger partial charge in [-0.1, -0.05) is 39.0 Å². The van der Waals surface area contributed by atoms with Crippen LogP contribution in [0.2, 0.25) is 0 Å². The molecule has 1 N–H and O–H groups in total. The van der Waals surface area contributed by atoms with Crippen LogP contribution >= 0.6 is 12.4 Å². The molecular formula is C16H31ClN2O. The van der Waals surface area contributed by atoms with Crippen LogP contribution in [-0.4, -0.2) is 36.0 Å². The van der Waals surface area contributed by atoms with Crippen molar-refractivity contribution in [1.29, 1.82) is 0 Å². The van der Waals surface area contributed by atoms with Crippen molar-refractivity contribution in [3.63, 3.8) is 0 Å². The fraction of sp³-hybridized carbons (Fsp3) is 0.938. The quantitative estimate of drug-likeness (QED) is 0.868. The third-order valence-corrected chi connectivity index (χ3v) is 5.31. The molecule has 118 valence electrons. The van der Waals surface area contributed by atoms with Crippen molar-refractivity contribution in [3.05, 3.63) is 0 Å². The molecule has 3 atom stereocenters. The molecule has 1 heterocycles. The minimum atomic E-state index is 0. The fourth-order valence-corrected chi connectivity index (χ4v) is 3.67. The van der Waals surface area contributed by atoms with Gasteiger partial charge in [0.15, 0.2) is 0 Å². The summed E-state index contributed by atoms with van der Waals surface area (Å²) in [5, 5.41) is 3.44. The maximum absolute atomic E-state index is 12.5. The molecule has 0 spiro atoms. The maximum atomic E-state index is 12.5. The molecule has 3 nitrogen and oxygen atoms in total. The van der Waals surface area contributed by atoms with Gasteiger partial charge in [-0.25, -0.2) is 0 Å². The molecule has 1 saturated heterocycles. The van der Waals surface area contributed by atoms with E-state index in [0.29, 0.717) is 23.9 Å². The second kappa shape index (κ2) is 8.23. The maximum Gasteiger partial charge on any atom is 0.223 e. The van der Waals surface area contributed by atoms with E-state index in [9.17, 15) is 4.79 Å². The lowest BCUT2D eigenvalue weighted by Crippen LogP contribution is -2.57. The van der Waals surface area contributed by atoms with E-state index in [0.717, 1.165) is 25.4 Å². The highest BCUT2D eigenvalue weighted by molar-refractivity contribution is 5.85. The van der Waals surface area contributed by atoms with Gasteiger partial charge in [0.25, 0.3) is 0 Å². The summed E-state index contributed by atoms with van der Waals surface area (Å²) in [6.45, 7) is 8.44. The van der Waals surface area contributed by atoms with E-state index in [1.165, 1.54) is 32.1 Å². The van der Waals surface area contributed by atoms with E-state index in [-0.39, 0.29) is 12.4 Å². The van der Waals surface area contributed by atoms with Gasteiger partial charge in [0.1, 0.15) is 0 Å². The zero-order valence-electron chi connectivity index (χ0n) is 13.2. The predicted octanol–water partition coefficient (Wildman–Crippen LogP) is 3.22. The number of hydrogen-bond donors (Lipinski definition) is 1. The molecule has 2 fully saturated rings. The molecule has 20 heavy (non-hydrogen) atoms. The second-order valence-electron chi connectivity index (χ2n) is 6.65. The van der Waals surface area contributed by atoms with Crippen molar-refractivity contribution in [2.75, 3.05) is 13.1 Å². The number of piperazine rings is 1. The van der Waals surface area contributed by atoms with Crippen LogP contribution in [-0.2, 0) is 4.79 Å². The number of amides is 1. The lowest BCUT2D eigenvalue weighted by atomic mass is 9.79. The Hall–Kier alpha value is -0.280. The summed E-state index contributed by atoms with van der Waals surface area (Å²) in [4.78, 5) is 14.6. The van der Waals surface area contributed by atoms with Gasteiger partial charge in [-0.15, -0.1) is 12.4 Å². The van der Waals surface area contributed by atoms with Crippen LogP contribution in [0.5, 0.6) is 0 Å². The van der Waals surface area contributed by atoms with Crippen molar-refractivity contribution in [1.82, 2.24) is 10.2 Å². The van der Waals surface area contributed by atoms with Gasteiger partial charge in [-0.2, -0.15) is 0 Å². The van der Waals surface area contributed by atoms with Gasteiger partial charge >= 0.3 is 0 Å². The number of halogens is 1. The van der Waals surface area contributed by atoms with E-state index >= 15 is 0 Å². The molecular weight excluding hydrogens is 272 g/mol. The standard InChI is InChI=1S/C16H30N2O.ClH/c1-12(15-7-5-4-6-8-15)11-16(19)18-10-9-17-13(2)14(18)3;/h12-15,17H,4-11H2,1-3H3;1H. The topological polar surface area (TPSA) is 32.3 Å². The number of nitrogens with zero attached hydrogens (tertiary/aromatic N) is 1. The van der Waals surface area contributed by atoms with Crippen molar-refractivity contribution in [2.45, 2.75) is 71.4 Å². The molecule has 2 rings (SSSR count).